The van der Waals surface area contributed by atoms with E-state index in [1.165, 1.54) is 0 Å². The number of aromatic hydroxyl groups is 1. The summed E-state index contributed by atoms with van der Waals surface area (Å²) in [6, 6.07) is 6.95. The Kier molecular flexibility index (Phi) is 6.54. The number of nitrogens with two attached hydrogens (primary N) is 2. The van der Waals surface area contributed by atoms with Gasteiger partial charge in [-0.2, -0.15) is 0 Å². The summed E-state index contributed by atoms with van der Waals surface area (Å²) in [6.45, 7) is 7.95. The SMILES string of the molecule is CC(C)(c1ccc(O)cc1)C(N)N.CC=CC. The standard InChI is InChI=1S/C10H16N2O.C4H8/c1-10(2,9(11)12)7-3-5-8(13)6-4-7;1-3-4-2/h3-6,9,13H,11-12H2,1-2H3;3-4H,1-2H3. The van der Waals surface area contributed by atoms with Crippen molar-refractivity contribution in [3.8, 4) is 5.75 Å². The minimum atomic E-state index is -0.406. The van der Waals surface area contributed by atoms with E-state index in [0.717, 1.165) is 5.56 Å². The molecular weight excluding hydrogens is 212 g/mol. The van der Waals surface area contributed by atoms with E-state index < -0.39 is 6.17 Å². The lowest BCUT2D eigenvalue weighted by atomic mass is 9.82. The van der Waals surface area contributed by atoms with Crippen LogP contribution in [0.3, 0.4) is 0 Å². The molecule has 0 unspecified atom stereocenters. The van der Waals surface area contributed by atoms with Gasteiger partial charge in [0.05, 0.1) is 6.17 Å². The molecule has 0 bridgehead atoms. The predicted molar refractivity (Wildman–Crippen MR) is 73.8 cm³/mol. The van der Waals surface area contributed by atoms with Crippen LogP contribution in [0.5, 0.6) is 5.75 Å². The van der Waals surface area contributed by atoms with E-state index >= 15 is 0 Å². The largest absolute Gasteiger partial charge is 0.508 e. The van der Waals surface area contributed by atoms with Crippen LogP contribution in [-0.4, -0.2) is 11.3 Å². The van der Waals surface area contributed by atoms with Crippen LogP contribution in [-0.2, 0) is 5.41 Å². The van der Waals surface area contributed by atoms with E-state index in [-0.39, 0.29) is 11.2 Å². The van der Waals surface area contributed by atoms with E-state index in [4.69, 9.17) is 16.6 Å². The maximum Gasteiger partial charge on any atom is 0.115 e. The van der Waals surface area contributed by atoms with Gasteiger partial charge < -0.3 is 16.6 Å². The van der Waals surface area contributed by atoms with Crippen LogP contribution < -0.4 is 11.5 Å². The minimum Gasteiger partial charge on any atom is -0.508 e. The highest BCUT2D eigenvalue weighted by Crippen LogP contribution is 2.25. The van der Waals surface area contributed by atoms with Crippen LogP contribution >= 0.6 is 0 Å². The van der Waals surface area contributed by atoms with Crippen LogP contribution in [0.1, 0.15) is 33.3 Å². The summed E-state index contributed by atoms with van der Waals surface area (Å²) in [4.78, 5) is 0. The Morgan fingerprint density at radius 2 is 1.47 bits per heavy atom. The molecule has 1 rings (SSSR count). The molecule has 17 heavy (non-hydrogen) atoms. The highest BCUT2D eigenvalue weighted by molar-refractivity contribution is 5.31. The van der Waals surface area contributed by atoms with Gasteiger partial charge in [-0.1, -0.05) is 38.1 Å². The Morgan fingerprint density at radius 1 is 1.06 bits per heavy atom. The first-order valence-electron chi connectivity index (χ1n) is 5.74. The third-order valence-electron chi connectivity index (χ3n) is 2.78. The maximum absolute atomic E-state index is 9.10. The molecule has 0 aliphatic carbocycles. The second-order valence-electron chi connectivity index (χ2n) is 4.46. The molecule has 0 radical (unpaired) electrons. The van der Waals surface area contributed by atoms with E-state index in [2.05, 4.69) is 0 Å². The van der Waals surface area contributed by atoms with E-state index in [9.17, 15) is 0 Å². The molecule has 0 amide bonds. The zero-order chi connectivity index (χ0) is 13.5. The number of benzene rings is 1. The fraction of sp³-hybridized carbons (Fsp3) is 0.429. The lowest BCUT2D eigenvalue weighted by Gasteiger charge is -2.29. The molecule has 0 saturated heterocycles. The lowest BCUT2D eigenvalue weighted by Crippen LogP contribution is -2.47. The van der Waals surface area contributed by atoms with Crippen molar-refractivity contribution in [3.63, 3.8) is 0 Å². The van der Waals surface area contributed by atoms with Gasteiger partial charge in [0.2, 0.25) is 0 Å². The summed E-state index contributed by atoms with van der Waals surface area (Å²) in [5, 5.41) is 9.10. The van der Waals surface area contributed by atoms with E-state index in [1.54, 1.807) is 12.1 Å². The summed E-state index contributed by atoms with van der Waals surface area (Å²) in [6.07, 6.45) is 3.59. The first kappa shape index (κ1) is 15.7. The fourth-order valence-electron chi connectivity index (χ4n) is 1.08. The van der Waals surface area contributed by atoms with Gasteiger partial charge >= 0.3 is 0 Å². The molecule has 96 valence electrons. The number of phenols is 1. The number of allylic oxidation sites excluding steroid dienone is 2. The van der Waals surface area contributed by atoms with Crippen molar-refractivity contribution in [2.45, 2.75) is 39.3 Å². The van der Waals surface area contributed by atoms with Crippen LogP contribution in [0.25, 0.3) is 0 Å². The summed E-state index contributed by atoms with van der Waals surface area (Å²) in [5.74, 6) is 0.255. The maximum atomic E-state index is 9.10. The van der Waals surface area contributed by atoms with Crippen molar-refractivity contribution >= 4 is 0 Å². The average molecular weight is 236 g/mol. The molecule has 0 fully saturated rings. The van der Waals surface area contributed by atoms with Crippen molar-refractivity contribution in [1.82, 2.24) is 0 Å². The molecule has 1 aromatic rings. The van der Waals surface area contributed by atoms with E-state index in [1.807, 2.05) is 52.0 Å². The summed E-state index contributed by atoms with van der Waals surface area (Å²) in [5.41, 5.74) is 12.1. The third-order valence-corrected chi connectivity index (χ3v) is 2.78. The molecule has 3 nitrogen and oxygen atoms in total. The van der Waals surface area contributed by atoms with Gasteiger partial charge in [0.1, 0.15) is 5.75 Å². The lowest BCUT2D eigenvalue weighted by molar-refractivity contribution is 0.417. The molecule has 0 aliphatic rings. The zero-order valence-corrected chi connectivity index (χ0v) is 11.1. The summed E-state index contributed by atoms with van der Waals surface area (Å²) < 4.78 is 0. The van der Waals surface area contributed by atoms with Crippen molar-refractivity contribution in [2.75, 3.05) is 0 Å². The highest BCUT2D eigenvalue weighted by atomic mass is 16.3. The summed E-state index contributed by atoms with van der Waals surface area (Å²) in [7, 11) is 0. The van der Waals surface area contributed by atoms with Crippen LogP contribution in [0.2, 0.25) is 0 Å². The van der Waals surface area contributed by atoms with Crippen molar-refractivity contribution in [2.24, 2.45) is 11.5 Å². The smallest absolute Gasteiger partial charge is 0.115 e. The quantitative estimate of drug-likeness (QED) is 0.545. The van der Waals surface area contributed by atoms with Gasteiger partial charge in [0.15, 0.2) is 0 Å². The molecule has 0 aliphatic heterocycles. The molecule has 0 heterocycles. The normalized spacial score (nSPS) is 11.5. The van der Waals surface area contributed by atoms with Gasteiger partial charge in [-0.25, -0.2) is 0 Å². The molecule has 3 heteroatoms. The topological polar surface area (TPSA) is 72.3 Å². The predicted octanol–water partition coefficient (Wildman–Crippen LogP) is 2.50. The zero-order valence-electron chi connectivity index (χ0n) is 11.1. The fourth-order valence-corrected chi connectivity index (χ4v) is 1.08. The van der Waals surface area contributed by atoms with Crippen LogP contribution in [0, 0.1) is 0 Å². The average Bonchev–Trinajstić information content (AvgIpc) is 2.30. The Hall–Kier alpha value is -1.32. The van der Waals surface area contributed by atoms with Gasteiger partial charge in [-0.05, 0) is 31.5 Å². The molecule has 5 N–H and O–H groups in total. The van der Waals surface area contributed by atoms with Crippen LogP contribution in [0.4, 0.5) is 0 Å². The minimum absolute atomic E-state index is 0.255. The monoisotopic (exact) mass is 236 g/mol. The number of hydrogen-bond acceptors (Lipinski definition) is 3. The van der Waals surface area contributed by atoms with Gasteiger partial charge in [0, 0.05) is 5.41 Å². The number of phenolic OH excluding ortho intramolecular Hbond substituents is 1. The molecule has 1 aromatic carbocycles. The number of rotatable bonds is 2. The van der Waals surface area contributed by atoms with E-state index in [0.29, 0.717) is 0 Å². The van der Waals surface area contributed by atoms with Crippen molar-refractivity contribution < 1.29 is 5.11 Å². The van der Waals surface area contributed by atoms with Gasteiger partial charge in [-0.15, -0.1) is 0 Å². The Balaban J connectivity index is 0.000000557. The Morgan fingerprint density at radius 3 is 1.76 bits per heavy atom. The Bertz CT molecular complexity index is 336. The molecule has 0 atom stereocenters. The molecule has 0 aromatic heterocycles. The molecule has 0 spiro atoms. The first-order valence-corrected chi connectivity index (χ1v) is 5.74. The van der Waals surface area contributed by atoms with Gasteiger partial charge in [0.25, 0.3) is 0 Å². The van der Waals surface area contributed by atoms with Crippen molar-refractivity contribution in [1.29, 1.82) is 0 Å². The molecule has 0 saturated carbocycles. The first-order chi connectivity index (χ1) is 7.86. The number of hydrogen-bond donors (Lipinski definition) is 3. The highest BCUT2D eigenvalue weighted by Gasteiger charge is 2.25. The summed E-state index contributed by atoms with van der Waals surface area (Å²) >= 11 is 0. The van der Waals surface area contributed by atoms with Crippen molar-refractivity contribution in [3.05, 3.63) is 42.0 Å². The van der Waals surface area contributed by atoms with Crippen LogP contribution in [0.15, 0.2) is 36.4 Å². The second kappa shape index (κ2) is 7.09. The van der Waals surface area contributed by atoms with Gasteiger partial charge in [-0.3, -0.25) is 0 Å². The second-order valence-corrected chi connectivity index (χ2v) is 4.46. The third kappa shape index (κ3) is 5.02. The Labute approximate surface area is 104 Å². The molecular formula is C14H24N2O.